The summed E-state index contributed by atoms with van der Waals surface area (Å²) in [5, 5.41) is 10.1. The molecule has 2 aromatic rings. The average molecular weight is 295 g/mol. The fourth-order valence-corrected chi connectivity index (χ4v) is 2.06. The second-order valence-electron chi connectivity index (χ2n) is 3.90. The van der Waals surface area contributed by atoms with Gasteiger partial charge in [-0.25, -0.2) is 4.98 Å². The highest BCUT2D eigenvalue weighted by Gasteiger charge is 2.11. The molecule has 0 radical (unpaired) electrons. The number of benzene rings is 1. The number of imidazole rings is 1. The Bertz CT molecular complexity index is 478. The second-order valence-corrected chi connectivity index (χ2v) is 4.82. The summed E-state index contributed by atoms with van der Waals surface area (Å²) in [6.07, 6.45) is 3.75. The largest absolute Gasteiger partial charge is 0.388 e. The van der Waals surface area contributed by atoms with E-state index in [9.17, 15) is 5.11 Å². The van der Waals surface area contributed by atoms with Crippen LogP contribution in [0.3, 0.4) is 0 Å². The summed E-state index contributed by atoms with van der Waals surface area (Å²) in [5.74, 6) is 0.919. The molecule has 4 heteroatoms. The van der Waals surface area contributed by atoms with Gasteiger partial charge in [0.1, 0.15) is 5.82 Å². The lowest BCUT2D eigenvalue weighted by atomic mass is 10.1. The van der Waals surface area contributed by atoms with Crippen LogP contribution in [-0.2, 0) is 13.0 Å². The van der Waals surface area contributed by atoms with Crippen LogP contribution >= 0.6 is 15.9 Å². The Labute approximate surface area is 109 Å². The Kier molecular flexibility index (Phi) is 3.97. The lowest BCUT2D eigenvalue weighted by Gasteiger charge is -2.11. The van der Waals surface area contributed by atoms with Crippen molar-refractivity contribution in [3.63, 3.8) is 0 Å². The van der Waals surface area contributed by atoms with Crippen molar-refractivity contribution in [2.24, 2.45) is 0 Å². The first kappa shape index (κ1) is 12.3. The number of aliphatic hydroxyl groups excluding tert-OH is 1. The van der Waals surface area contributed by atoms with E-state index in [2.05, 4.69) is 27.8 Å². The van der Waals surface area contributed by atoms with Gasteiger partial charge in [-0.05, 0) is 24.6 Å². The van der Waals surface area contributed by atoms with E-state index in [1.807, 2.05) is 35.0 Å². The monoisotopic (exact) mass is 294 g/mol. The van der Waals surface area contributed by atoms with Crippen LogP contribution in [0.4, 0.5) is 0 Å². The van der Waals surface area contributed by atoms with Gasteiger partial charge in [0.25, 0.3) is 0 Å². The molecular weight excluding hydrogens is 280 g/mol. The predicted molar refractivity (Wildman–Crippen MR) is 70.7 cm³/mol. The number of hydrogen-bond donors (Lipinski definition) is 1. The first-order chi connectivity index (χ1) is 8.20. The van der Waals surface area contributed by atoms with Crippen molar-refractivity contribution in [3.8, 4) is 0 Å². The van der Waals surface area contributed by atoms with Crippen LogP contribution in [0.1, 0.15) is 24.4 Å². The van der Waals surface area contributed by atoms with Gasteiger partial charge >= 0.3 is 0 Å². The van der Waals surface area contributed by atoms with Gasteiger partial charge in [-0.3, -0.25) is 0 Å². The van der Waals surface area contributed by atoms with E-state index in [1.165, 1.54) is 0 Å². The molecule has 3 nitrogen and oxygen atoms in total. The van der Waals surface area contributed by atoms with Crippen LogP contribution in [0.25, 0.3) is 0 Å². The Morgan fingerprint density at radius 1 is 1.35 bits per heavy atom. The summed E-state index contributed by atoms with van der Waals surface area (Å²) in [4.78, 5) is 4.26. The first-order valence-corrected chi connectivity index (χ1v) is 6.43. The van der Waals surface area contributed by atoms with Gasteiger partial charge < -0.3 is 9.67 Å². The average Bonchev–Trinajstić information content (AvgIpc) is 2.77. The van der Waals surface area contributed by atoms with Crippen molar-refractivity contribution in [3.05, 3.63) is 52.5 Å². The van der Waals surface area contributed by atoms with Crippen molar-refractivity contribution in [2.75, 3.05) is 0 Å². The van der Waals surface area contributed by atoms with Crippen molar-refractivity contribution < 1.29 is 5.11 Å². The Morgan fingerprint density at radius 2 is 2.06 bits per heavy atom. The zero-order chi connectivity index (χ0) is 12.3. The molecule has 1 atom stereocenters. The van der Waals surface area contributed by atoms with Gasteiger partial charge in [0.2, 0.25) is 0 Å². The Hall–Kier alpha value is -1.13. The number of aliphatic hydroxyl groups is 1. The molecule has 0 aliphatic heterocycles. The number of rotatable bonds is 4. The van der Waals surface area contributed by atoms with Gasteiger partial charge in [-0.2, -0.15) is 0 Å². The number of hydrogen-bond acceptors (Lipinski definition) is 2. The highest BCUT2D eigenvalue weighted by atomic mass is 79.9. The fraction of sp³-hybridized carbons (Fsp3) is 0.308. The summed E-state index contributed by atoms with van der Waals surface area (Å²) in [5.41, 5.74) is 0.916. The van der Waals surface area contributed by atoms with Gasteiger partial charge in [-0.1, -0.05) is 28.1 Å². The molecule has 0 spiro atoms. The smallest absolute Gasteiger partial charge is 0.111 e. The summed E-state index contributed by atoms with van der Waals surface area (Å²) >= 11 is 3.38. The topological polar surface area (TPSA) is 38.0 Å². The zero-order valence-corrected chi connectivity index (χ0v) is 11.3. The molecule has 0 aliphatic carbocycles. The minimum Gasteiger partial charge on any atom is -0.388 e. The molecule has 1 aromatic heterocycles. The zero-order valence-electron chi connectivity index (χ0n) is 9.68. The lowest BCUT2D eigenvalue weighted by Crippen LogP contribution is -2.08. The minimum atomic E-state index is -0.504. The van der Waals surface area contributed by atoms with Crippen LogP contribution in [0, 0.1) is 0 Å². The SMILES string of the molecule is CCn1ccnc1CC(O)c1ccc(Br)cc1. The number of aryl methyl sites for hydroxylation is 1. The molecular formula is C13H15BrN2O. The first-order valence-electron chi connectivity index (χ1n) is 5.64. The van der Waals surface area contributed by atoms with E-state index in [1.54, 1.807) is 6.20 Å². The maximum absolute atomic E-state index is 10.1. The minimum absolute atomic E-state index is 0.504. The van der Waals surface area contributed by atoms with Gasteiger partial charge in [0, 0.05) is 29.8 Å². The molecule has 0 saturated heterocycles. The highest BCUT2D eigenvalue weighted by Crippen LogP contribution is 2.19. The van der Waals surface area contributed by atoms with E-state index in [-0.39, 0.29) is 0 Å². The normalized spacial score (nSPS) is 12.6. The van der Waals surface area contributed by atoms with Crippen molar-refractivity contribution in [2.45, 2.75) is 26.0 Å². The van der Waals surface area contributed by atoms with E-state index >= 15 is 0 Å². The fourth-order valence-electron chi connectivity index (χ4n) is 1.79. The van der Waals surface area contributed by atoms with Crippen LogP contribution in [0.5, 0.6) is 0 Å². The molecule has 0 saturated carbocycles. The summed E-state index contributed by atoms with van der Waals surface area (Å²) in [7, 11) is 0. The van der Waals surface area contributed by atoms with E-state index in [0.717, 1.165) is 22.4 Å². The van der Waals surface area contributed by atoms with Crippen LogP contribution in [-0.4, -0.2) is 14.7 Å². The van der Waals surface area contributed by atoms with Crippen molar-refractivity contribution in [1.82, 2.24) is 9.55 Å². The van der Waals surface area contributed by atoms with Gasteiger partial charge in [-0.15, -0.1) is 0 Å². The van der Waals surface area contributed by atoms with Gasteiger partial charge in [0.05, 0.1) is 6.10 Å². The second kappa shape index (κ2) is 5.47. The predicted octanol–water partition coefficient (Wildman–Crippen LogP) is 2.94. The molecule has 0 fully saturated rings. The molecule has 1 unspecified atom stereocenters. The van der Waals surface area contributed by atoms with E-state index in [0.29, 0.717) is 6.42 Å². The number of aromatic nitrogens is 2. The quantitative estimate of drug-likeness (QED) is 0.941. The van der Waals surface area contributed by atoms with Crippen molar-refractivity contribution >= 4 is 15.9 Å². The molecule has 1 aromatic carbocycles. The van der Waals surface area contributed by atoms with E-state index < -0.39 is 6.10 Å². The number of halogens is 1. The summed E-state index contributed by atoms with van der Waals surface area (Å²) in [6, 6.07) is 7.72. The maximum atomic E-state index is 10.1. The number of nitrogens with zero attached hydrogens (tertiary/aromatic N) is 2. The van der Waals surface area contributed by atoms with Crippen LogP contribution in [0.2, 0.25) is 0 Å². The molecule has 2 rings (SSSR count). The third kappa shape index (κ3) is 2.96. The molecule has 17 heavy (non-hydrogen) atoms. The Morgan fingerprint density at radius 3 is 2.71 bits per heavy atom. The third-order valence-corrected chi connectivity index (χ3v) is 3.30. The molecule has 0 bridgehead atoms. The summed E-state index contributed by atoms with van der Waals surface area (Å²) < 4.78 is 3.06. The van der Waals surface area contributed by atoms with Gasteiger partial charge in [0.15, 0.2) is 0 Å². The third-order valence-electron chi connectivity index (χ3n) is 2.77. The highest BCUT2D eigenvalue weighted by molar-refractivity contribution is 9.10. The molecule has 0 aliphatic rings. The Balaban J connectivity index is 2.11. The van der Waals surface area contributed by atoms with Crippen LogP contribution in [0.15, 0.2) is 41.1 Å². The molecule has 1 heterocycles. The standard InChI is InChI=1S/C13H15BrN2O/c1-2-16-8-7-15-13(16)9-12(17)10-3-5-11(14)6-4-10/h3-8,12,17H,2,9H2,1H3. The molecule has 90 valence electrons. The van der Waals surface area contributed by atoms with Crippen LogP contribution < -0.4 is 0 Å². The van der Waals surface area contributed by atoms with Crippen molar-refractivity contribution in [1.29, 1.82) is 0 Å². The molecule has 1 N–H and O–H groups in total. The van der Waals surface area contributed by atoms with E-state index in [4.69, 9.17) is 0 Å². The maximum Gasteiger partial charge on any atom is 0.111 e. The lowest BCUT2D eigenvalue weighted by molar-refractivity contribution is 0.174. The molecule has 0 amide bonds. The summed E-state index contributed by atoms with van der Waals surface area (Å²) in [6.45, 7) is 2.94.